The minimum Gasteiger partial charge on any atom is -0.495 e. The van der Waals surface area contributed by atoms with Gasteiger partial charge in [-0.05, 0) is 55.5 Å². The fraction of sp³-hybridized carbons (Fsp3) is 0.458. The Bertz CT molecular complexity index is 1050. The van der Waals surface area contributed by atoms with Crippen molar-refractivity contribution >= 4 is 21.6 Å². The van der Waals surface area contributed by atoms with E-state index < -0.39 is 15.9 Å². The van der Waals surface area contributed by atoms with E-state index >= 15 is 0 Å². The third kappa shape index (κ3) is 5.24. The van der Waals surface area contributed by atoms with Crippen LogP contribution in [0.3, 0.4) is 0 Å². The second-order valence-electron chi connectivity index (χ2n) is 8.19. The van der Waals surface area contributed by atoms with Crippen LogP contribution in [-0.2, 0) is 14.8 Å². The maximum Gasteiger partial charge on any atom is 0.246 e. The number of amides is 1. The number of anilines is 1. The molecule has 0 radical (unpaired) electrons. The van der Waals surface area contributed by atoms with Gasteiger partial charge in [0.1, 0.15) is 16.4 Å². The first kappa shape index (κ1) is 24.1. The lowest BCUT2D eigenvalue weighted by Gasteiger charge is -2.31. The Hall–Kier alpha value is -2.58. The molecule has 32 heavy (non-hydrogen) atoms. The molecular weight excluding hydrogens is 428 g/mol. The van der Waals surface area contributed by atoms with Gasteiger partial charge in [-0.2, -0.15) is 4.31 Å². The number of ether oxygens (including phenoxy) is 2. The first-order valence-electron chi connectivity index (χ1n) is 11.0. The summed E-state index contributed by atoms with van der Waals surface area (Å²) in [5.74, 6) is 0.429. The van der Waals surface area contributed by atoms with Crippen LogP contribution in [-0.4, -0.2) is 45.4 Å². The Labute approximate surface area is 190 Å². The van der Waals surface area contributed by atoms with Gasteiger partial charge >= 0.3 is 0 Å². The zero-order chi connectivity index (χ0) is 23.3. The highest BCUT2D eigenvalue weighted by molar-refractivity contribution is 7.89. The van der Waals surface area contributed by atoms with Crippen molar-refractivity contribution in [3.8, 4) is 11.5 Å². The monoisotopic (exact) mass is 460 g/mol. The van der Waals surface area contributed by atoms with E-state index in [1.54, 1.807) is 24.3 Å². The Balaban J connectivity index is 1.81. The zero-order valence-electron chi connectivity index (χ0n) is 19.1. The predicted octanol–water partition coefficient (Wildman–Crippen LogP) is 4.26. The average molecular weight is 461 g/mol. The van der Waals surface area contributed by atoms with Crippen LogP contribution < -0.4 is 14.8 Å². The van der Waals surface area contributed by atoms with Crippen LogP contribution in [0.25, 0.3) is 0 Å². The molecule has 1 saturated heterocycles. The van der Waals surface area contributed by atoms with Crippen molar-refractivity contribution in [2.75, 3.05) is 32.1 Å². The summed E-state index contributed by atoms with van der Waals surface area (Å²) in [7, 11) is -2.35. The van der Waals surface area contributed by atoms with Crippen LogP contribution in [0.1, 0.15) is 45.1 Å². The number of hydrogen-bond acceptors (Lipinski definition) is 5. The molecule has 8 heteroatoms. The van der Waals surface area contributed by atoms with Crippen LogP contribution in [0, 0.1) is 5.92 Å². The number of benzene rings is 2. The molecule has 3 rings (SSSR count). The number of piperidine rings is 1. The molecule has 2 aromatic carbocycles. The minimum atomic E-state index is -3.81. The van der Waals surface area contributed by atoms with E-state index in [0.717, 1.165) is 5.56 Å². The van der Waals surface area contributed by atoms with Crippen molar-refractivity contribution in [2.24, 2.45) is 5.92 Å². The van der Waals surface area contributed by atoms with Gasteiger partial charge in [0.2, 0.25) is 15.9 Å². The highest BCUT2D eigenvalue weighted by Crippen LogP contribution is 2.33. The summed E-state index contributed by atoms with van der Waals surface area (Å²) in [5.41, 5.74) is 1.51. The van der Waals surface area contributed by atoms with Crippen molar-refractivity contribution in [3.63, 3.8) is 0 Å². The molecule has 1 fully saturated rings. The molecule has 2 aromatic rings. The normalized spacial score (nSPS) is 17.2. The summed E-state index contributed by atoms with van der Waals surface area (Å²) in [6.07, 6.45) is 1.23. The predicted molar refractivity (Wildman–Crippen MR) is 125 cm³/mol. The second-order valence-corrected chi connectivity index (χ2v) is 10.1. The summed E-state index contributed by atoms with van der Waals surface area (Å²) in [6, 6.07) is 12.5. The number of hydrogen-bond donors (Lipinski definition) is 1. The Morgan fingerprint density at radius 2 is 1.94 bits per heavy atom. The summed E-state index contributed by atoms with van der Waals surface area (Å²) < 4.78 is 39.3. The topological polar surface area (TPSA) is 84.9 Å². The van der Waals surface area contributed by atoms with E-state index in [9.17, 15) is 13.2 Å². The van der Waals surface area contributed by atoms with E-state index in [-0.39, 0.29) is 23.3 Å². The number of para-hydroxylation sites is 2. The molecule has 174 valence electrons. The van der Waals surface area contributed by atoms with Crippen molar-refractivity contribution in [1.82, 2.24) is 4.31 Å². The summed E-state index contributed by atoms with van der Waals surface area (Å²) in [4.78, 5) is 13.1. The molecule has 1 heterocycles. The SMILES string of the molecule is CCOc1ccccc1NC(=O)[C@@H]1CCCN(S(=O)(=O)c2cc(C(C)C)ccc2OC)C1. The number of nitrogens with zero attached hydrogens (tertiary/aromatic N) is 1. The standard InChI is InChI=1S/C24H32N2O5S/c1-5-31-21-11-7-6-10-20(21)25-24(27)19-9-8-14-26(16-19)32(28,29)23-15-18(17(2)3)12-13-22(23)30-4/h6-7,10-13,15,17,19H,5,8-9,14,16H2,1-4H3,(H,25,27)/t19-/m1/s1. The van der Waals surface area contributed by atoms with Crippen LogP contribution >= 0.6 is 0 Å². The van der Waals surface area contributed by atoms with Gasteiger partial charge in [-0.15, -0.1) is 0 Å². The number of carbonyl (C=O) groups is 1. The first-order valence-corrected chi connectivity index (χ1v) is 12.4. The summed E-state index contributed by atoms with van der Waals surface area (Å²) in [5, 5.41) is 2.91. The van der Waals surface area contributed by atoms with E-state index in [2.05, 4.69) is 5.32 Å². The third-order valence-electron chi connectivity index (χ3n) is 5.67. The van der Waals surface area contributed by atoms with E-state index in [0.29, 0.717) is 43.2 Å². The van der Waals surface area contributed by atoms with Gasteiger partial charge in [0.05, 0.1) is 25.3 Å². The molecule has 1 amide bonds. The van der Waals surface area contributed by atoms with Gasteiger partial charge in [0, 0.05) is 13.1 Å². The van der Waals surface area contributed by atoms with Crippen molar-refractivity contribution in [1.29, 1.82) is 0 Å². The van der Waals surface area contributed by atoms with Gasteiger partial charge in [-0.3, -0.25) is 4.79 Å². The molecule has 0 unspecified atom stereocenters. The van der Waals surface area contributed by atoms with Gasteiger partial charge < -0.3 is 14.8 Å². The van der Waals surface area contributed by atoms with Crippen LogP contribution in [0.5, 0.6) is 11.5 Å². The molecule has 0 bridgehead atoms. The first-order chi connectivity index (χ1) is 15.3. The maximum atomic E-state index is 13.5. The van der Waals surface area contributed by atoms with Gasteiger partial charge in [-0.25, -0.2) is 8.42 Å². The van der Waals surface area contributed by atoms with Crippen molar-refractivity contribution < 1.29 is 22.7 Å². The number of methoxy groups -OCH3 is 1. The van der Waals surface area contributed by atoms with Crippen molar-refractivity contribution in [2.45, 2.75) is 44.4 Å². The van der Waals surface area contributed by atoms with E-state index in [4.69, 9.17) is 9.47 Å². The molecule has 0 aliphatic carbocycles. The molecule has 7 nitrogen and oxygen atoms in total. The number of nitrogens with one attached hydrogen (secondary N) is 1. The Kier molecular flexibility index (Phi) is 7.79. The minimum absolute atomic E-state index is 0.125. The van der Waals surface area contributed by atoms with Gasteiger partial charge in [0.15, 0.2) is 0 Å². The molecule has 1 aliphatic heterocycles. The lowest BCUT2D eigenvalue weighted by atomic mass is 9.98. The van der Waals surface area contributed by atoms with Crippen molar-refractivity contribution in [3.05, 3.63) is 48.0 Å². The second kappa shape index (κ2) is 10.4. The third-order valence-corrected chi connectivity index (χ3v) is 7.56. The zero-order valence-corrected chi connectivity index (χ0v) is 19.9. The largest absolute Gasteiger partial charge is 0.495 e. The van der Waals surface area contributed by atoms with E-state index in [1.165, 1.54) is 11.4 Å². The van der Waals surface area contributed by atoms with Gasteiger partial charge in [-0.1, -0.05) is 32.0 Å². The highest BCUT2D eigenvalue weighted by Gasteiger charge is 2.35. The maximum absolute atomic E-state index is 13.5. The number of rotatable bonds is 8. The Morgan fingerprint density at radius 1 is 1.19 bits per heavy atom. The molecule has 0 spiro atoms. The number of carbonyl (C=O) groups excluding carboxylic acids is 1. The van der Waals surface area contributed by atoms with Crippen LogP contribution in [0.15, 0.2) is 47.4 Å². The molecule has 1 atom stereocenters. The molecule has 0 saturated carbocycles. The smallest absolute Gasteiger partial charge is 0.246 e. The fourth-order valence-electron chi connectivity index (χ4n) is 3.85. The van der Waals surface area contributed by atoms with Crippen LogP contribution in [0.2, 0.25) is 0 Å². The lowest BCUT2D eigenvalue weighted by Crippen LogP contribution is -2.43. The average Bonchev–Trinajstić information content (AvgIpc) is 2.80. The molecule has 0 aromatic heterocycles. The Morgan fingerprint density at radius 3 is 2.62 bits per heavy atom. The van der Waals surface area contributed by atoms with Crippen LogP contribution in [0.4, 0.5) is 5.69 Å². The summed E-state index contributed by atoms with van der Waals surface area (Å²) in [6.45, 7) is 6.89. The lowest BCUT2D eigenvalue weighted by molar-refractivity contribution is -0.120. The van der Waals surface area contributed by atoms with Gasteiger partial charge in [0.25, 0.3) is 0 Å². The molecule has 1 aliphatic rings. The number of sulfonamides is 1. The molecule has 1 N–H and O–H groups in total. The van der Waals surface area contributed by atoms with E-state index in [1.807, 2.05) is 39.0 Å². The molecular formula is C24H32N2O5S. The summed E-state index contributed by atoms with van der Waals surface area (Å²) >= 11 is 0. The highest BCUT2D eigenvalue weighted by atomic mass is 32.2. The quantitative estimate of drug-likeness (QED) is 0.636. The fourth-order valence-corrected chi connectivity index (χ4v) is 5.57.